The standard InChI is InChI=1S/C45H34N4/c1-29-19-22-33(28-47)43(25-29)49-41-17-5-3-12-39(41)44-35(13-8-18-42(44)49)31-9-6-10-32(26-31)36-14-7-15-38-37-11-2-4-16-40(37)48(45(36)38)34-23-20-30(27-46)21-24-34/h2-18,20,22-26,29-30,39,41H,19,21H2,1H3. The molecular formula is C45H34N4. The highest BCUT2D eigenvalue weighted by atomic mass is 15.2. The number of fused-ring (bicyclic) bond motifs is 6. The average Bonchev–Trinajstić information content (AvgIpc) is 3.68. The van der Waals surface area contributed by atoms with Crippen LogP contribution in [-0.2, 0) is 0 Å². The molecule has 0 radical (unpaired) electrons. The second-order valence-electron chi connectivity index (χ2n) is 13.5. The first-order chi connectivity index (χ1) is 24.1. The first-order valence-corrected chi connectivity index (χ1v) is 17.2. The van der Waals surface area contributed by atoms with Crippen molar-refractivity contribution in [2.24, 2.45) is 11.8 Å². The summed E-state index contributed by atoms with van der Waals surface area (Å²) < 4.78 is 2.37. The summed E-state index contributed by atoms with van der Waals surface area (Å²) in [5.41, 5.74) is 12.4. The van der Waals surface area contributed by atoms with Gasteiger partial charge in [0.2, 0.25) is 0 Å². The Morgan fingerprint density at radius 2 is 1.53 bits per heavy atom. The average molecular weight is 631 g/mol. The summed E-state index contributed by atoms with van der Waals surface area (Å²) in [6.07, 6.45) is 21.2. The lowest BCUT2D eigenvalue weighted by molar-refractivity contribution is 0.686. The molecule has 1 aliphatic heterocycles. The van der Waals surface area contributed by atoms with E-state index >= 15 is 0 Å². The minimum atomic E-state index is -0.0917. The molecule has 4 aliphatic rings. The van der Waals surface area contributed by atoms with Crippen LogP contribution in [0.3, 0.4) is 0 Å². The zero-order chi connectivity index (χ0) is 33.1. The second-order valence-corrected chi connectivity index (χ2v) is 13.5. The predicted octanol–water partition coefficient (Wildman–Crippen LogP) is 10.8. The maximum atomic E-state index is 10.1. The molecule has 9 rings (SSSR count). The van der Waals surface area contributed by atoms with Crippen LogP contribution in [0.2, 0.25) is 0 Å². The summed E-state index contributed by atoms with van der Waals surface area (Å²) >= 11 is 0. The molecule has 49 heavy (non-hydrogen) atoms. The fourth-order valence-electron chi connectivity index (χ4n) is 8.32. The minimum absolute atomic E-state index is 0.0917. The maximum absolute atomic E-state index is 10.1. The summed E-state index contributed by atoms with van der Waals surface area (Å²) in [5.74, 6) is 0.459. The number of hydrogen-bond acceptors (Lipinski definition) is 3. The fraction of sp³-hybridized carbons (Fsp3) is 0.156. The van der Waals surface area contributed by atoms with Gasteiger partial charge in [-0.3, -0.25) is 0 Å². The molecule has 4 unspecified atom stereocenters. The lowest BCUT2D eigenvalue weighted by Gasteiger charge is -2.32. The van der Waals surface area contributed by atoms with E-state index in [1.54, 1.807) is 0 Å². The maximum Gasteiger partial charge on any atom is 0.101 e. The van der Waals surface area contributed by atoms with Crippen molar-refractivity contribution in [2.75, 3.05) is 4.90 Å². The minimum Gasteiger partial charge on any atom is -0.332 e. The largest absolute Gasteiger partial charge is 0.332 e. The number of aromatic nitrogens is 1. The first kappa shape index (κ1) is 29.1. The second kappa shape index (κ2) is 11.6. The van der Waals surface area contributed by atoms with Crippen LogP contribution in [-0.4, -0.2) is 10.6 Å². The third-order valence-corrected chi connectivity index (χ3v) is 10.6. The van der Waals surface area contributed by atoms with E-state index in [9.17, 15) is 10.5 Å². The molecule has 4 nitrogen and oxygen atoms in total. The number of para-hydroxylation sites is 2. The van der Waals surface area contributed by atoms with Crippen molar-refractivity contribution in [3.63, 3.8) is 0 Å². The lowest BCUT2D eigenvalue weighted by Crippen LogP contribution is -2.33. The van der Waals surface area contributed by atoms with Gasteiger partial charge >= 0.3 is 0 Å². The summed E-state index contributed by atoms with van der Waals surface area (Å²) in [7, 11) is 0. The Bertz CT molecular complexity index is 2470. The van der Waals surface area contributed by atoms with Crippen molar-refractivity contribution in [1.29, 1.82) is 10.5 Å². The molecule has 0 saturated heterocycles. The van der Waals surface area contributed by atoms with Gasteiger partial charge in [0.15, 0.2) is 0 Å². The normalized spacial score (nSPS) is 22.3. The Balaban J connectivity index is 1.22. The summed E-state index contributed by atoms with van der Waals surface area (Å²) in [6.45, 7) is 2.22. The van der Waals surface area contributed by atoms with Gasteiger partial charge in [-0.2, -0.15) is 10.5 Å². The molecule has 4 heteroatoms. The van der Waals surface area contributed by atoms with Crippen LogP contribution in [0.15, 0.2) is 151 Å². The van der Waals surface area contributed by atoms with Crippen LogP contribution >= 0.6 is 0 Å². The van der Waals surface area contributed by atoms with Gasteiger partial charge in [-0.15, -0.1) is 0 Å². The van der Waals surface area contributed by atoms with Crippen molar-refractivity contribution in [3.8, 4) is 34.4 Å². The highest BCUT2D eigenvalue weighted by Gasteiger charge is 2.41. The van der Waals surface area contributed by atoms with Crippen LogP contribution in [0.1, 0.15) is 31.2 Å². The zero-order valence-electron chi connectivity index (χ0n) is 27.3. The molecule has 4 atom stereocenters. The molecule has 0 bridgehead atoms. The first-order valence-electron chi connectivity index (χ1n) is 17.2. The predicted molar refractivity (Wildman–Crippen MR) is 200 cm³/mol. The summed E-state index contributed by atoms with van der Waals surface area (Å²) in [4.78, 5) is 2.40. The van der Waals surface area contributed by atoms with E-state index in [1.807, 2.05) is 6.08 Å². The zero-order valence-corrected chi connectivity index (χ0v) is 27.3. The fourth-order valence-corrected chi connectivity index (χ4v) is 8.32. The third-order valence-electron chi connectivity index (χ3n) is 10.6. The van der Waals surface area contributed by atoms with Gasteiger partial charge in [-0.25, -0.2) is 0 Å². The number of hydrogen-bond donors (Lipinski definition) is 0. The molecule has 4 aromatic carbocycles. The van der Waals surface area contributed by atoms with Gasteiger partial charge in [0.05, 0.1) is 40.3 Å². The molecule has 0 amide bonds. The van der Waals surface area contributed by atoms with E-state index in [2.05, 4.69) is 162 Å². The molecule has 234 valence electrons. The Kier molecular flexibility index (Phi) is 6.85. The Labute approximate surface area is 286 Å². The van der Waals surface area contributed by atoms with E-state index in [-0.39, 0.29) is 17.9 Å². The SMILES string of the molecule is CC1C=C(N2c3cccc(-c4cccc(-c5cccc6c7ccccc7n(C7=CCC(C#N)C=C7)c56)c4)c3C3C=CC=CC32)C(C#N)=CC1. The third kappa shape index (κ3) is 4.56. The molecule has 0 N–H and O–H groups in total. The highest BCUT2D eigenvalue weighted by Crippen LogP contribution is 2.51. The Morgan fingerprint density at radius 3 is 2.37 bits per heavy atom. The summed E-state index contributed by atoms with van der Waals surface area (Å²) in [6, 6.07) is 35.8. The van der Waals surface area contributed by atoms with Gasteiger partial charge < -0.3 is 9.47 Å². The van der Waals surface area contributed by atoms with Crippen LogP contribution < -0.4 is 4.90 Å². The van der Waals surface area contributed by atoms with Crippen LogP contribution in [0, 0.1) is 34.5 Å². The van der Waals surface area contributed by atoms with Gasteiger partial charge in [0, 0.05) is 33.6 Å². The van der Waals surface area contributed by atoms with E-state index < -0.39 is 0 Å². The highest BCUT2D eigenvalue weighted by molar-refractivity contribution is 6.15. The van der Waals surface area contributed by atoms with Crippen molar-refractivity contribution >= 4 is 33.2 Å². The number of allylic oxidation sites excluding steroid dienone is 9. The van der Waals surface area contributed by atoms with Crippen LogP contribution in [0.4, 0.5) is 5.69 Å². The van der Waals surface area contributed by atoms with Crippen molar-refractivity contribution in [2.45, 2.75) is 31.7 Å². The molecule has 2 heterocycles. The lowest BCUT2D eigenvalue weighted by atomic mass is 9.85. The quantitative estimate of drug-likeness (QED) is 0.199. The number of benzene rings is 4. The smallest absolute Gasteiger partial charge is 0.101 e. The molecule has 1 aromatic heterocycles. The van der Waals surface area contributed by atoms with Gasteiger partial charge in [-0.1, -0.05) is 122 Å². The van der Waals surface area contributed by atoms with Crippen molar-refractivity contribution in [3.05, 3.63) is 156 Å². The molecule has 0 spiro atoms. The topological polar surface area (TPSA) is 55.8 Å². The number of anilines is 1. The number of nitriles is 2. The van der Waals surface area contributed by atoms with Crippen LogP contribution in [0.25, 0.3) is 49.8 Å². The van der Waals surface area contributed by atoms with E-state index in [4.69, 9.17) is 0 Å². The summed E-state index contributed by atoms with van der Waals surface area (Å²) in [5, 5.41) is 22.1. The molecular weight excluding hydrogens is 597 g/mol. The van der Waals surface area contributed by atoms with Gasteiger partial charge in [-0.05, 0) is 65.3 Å². The number of nitrogens with zero attached hydrogens (tertiary/aromatic N) is 4. The van der Waals surface area contributed by atoms with E-state index in [1.165, 1.54) is 44.2 Å². The Hall–Kier alpha value is -6.10. The van der Waals surface area contributed by atoms with E-state index in [0.29, 0.717) is 12.3 Å². The van der Waals surface area contributed by atoms with Crippen molar-refractivity contribution < 1.29 is 0 Å². The Morgan fingerprint density at radius 1 is 0.755 bits per heavy atom. The molecule has 0 saturated carbocycles. The molecule has 3 aliphatic carbocycles. The van der Waals surface area contributed by atoms with Crippen LogP contribution in [0.5, 0.6) is 0 Å². The molecule has 0 fully saturated rings. The van der Waals surface area contributed by atoms with E-state index in [0.717, 1.165) is 34.5 Å². The van der Waals surface area contributed by atoms with Gasteiger partial charge in [0.25, 0.3) is 0 Å². The molecule has 5 aromatic rings. The number of rotatable bonds is 4. The monoisotopic (exact) mass is 630 g/mol. The van der Waals surface area contributed by atoms with Gasteiger partial charge in [0.1, 0.15) is 6.07 Å². The van der Waals surface area contributed by atoms with Crippen molar-refractivity contribution in [1.82, 2.24) is 4.57 Å².